The van der Waals surface area contributed by atoms with E-state index in [1.54, 1.807) is 0 Å². The minimum absolute atomic E-state index is 0. The molecule has 0 aliphatic carbocycles. The summed E-state index contributed by atoms with van der Waals surface area (Å²) >= 11 is 0. The fourth-order valence-corrected chi connectivity index (χ4v) is 2.46. The lowest BCUT2D eigenvalue weighted by atomic mass is 10.0. The lowest BCUT2D eigenvalue weighted by molar-refractivity contribution is -0.121. The van der Waals surface area contributed by atoms with Crippen LogP contribution < -0.4 is 10.6 Å². The average molecular weight is 289 g/mol. The SMILES string of the molecule is Cl.O=C(CCC1CCCCO1)NCC1=CCNCC1. The first-order valence-electron chi connectivity index (χ1n) is 7.11. The number of halogens is 1. The molecular formula is C14H25ClN2O2. The fraction of sp³-hybridized carbons (Fsp3) is 0.786. The van der Waals surface area contributed by atoms with Crippen LogP contribution >= 0.6 is 12.4 Å². The molecule has 1 amide bonds. The van der Waals surface area contributed by atoms with Crippen LogP contribution in [0.4, 0.5) is 0 Å². The lowest BCUT2D eigenvalue weighted by Gasteiger charge is -2.22. The van der Waals surface area contributed by atoms with Crippen molar-refractivity contribution < 1.29 is 9.53 Å². The van der Waals surface area contributed by atoms with Gasteiger partial charge in [-0.15, -0.1) is 12.4 Å². The summed E-state index contributed by atoms with van der Waals surface area (Å²) in [5.41, 5.74) is 1.34. The van der Waals surface area contributed by atoms with Crippen molar-refractivity contribution in [1.82, 2.24) is 10.6 Å². The summed E-state index contributed by atoms with van der Waals surface area (Å²) in [6, 6.07) is 0. The first kappa shape index (κ1) is 16.5. The summed E-state index contributed by atoms with van der Waals surface area (Å²) in [5.74, 6) is 0.156. The number of carbonyl (C=O) groups is 1. The Morgan fingerprint density at radius 3 is 3.05 bits per heavy atom. The van der Waals surface area contributed by atoms with E-state index in [1.807, 2.05) is 0 Å². The van der Waals surface area contributed by atoms with Crippen molar-refractivity contribution in [2.75, 3.05) is 26.2 Å². The Balaban J connectivity index is 0.00000180. The highest BCUT2D eigenvalue weighted by Crippen LogP contribution is 2.16. The molecule has 0 aromatic rings. The third-order valence-corrected chi connectivity index (χ3v) is 3.64. The third kappa shape index (κ3) is 6.41. The molecule has 0 aromatic carbocycles. The molecule has 0 radical (unpaired) electrons. The molecule has 4 nitrogen and oxygen atoms in total. The number of rotatable bonds is 5. The third-order valence-electron chi connectivity index (χ3n) is 3.64. The molecule has 1 saturated heterocycles. The second-order valence-electron chi connectivity index (χ2n) is 5.12. The summed E-state index contributed by atoms with van der Waals surface area (Å²) in [7, 11) is 0. The highest BCUT2D eigenvalue weighted by molar-refractivity contribution is 5.85. The van der Waals surface area contributed by atoms with E-state index in [9.17, 15) is 4.79 Å². The average Bonchev–Trinajstić information content (AvgIpc) is 2.45. The molecule has 2 aliphatic rings. The van der Waals surface area contributed by atoms with Gasteiger partial charge in [-0.25, -0.2) is 0 Å². The number of nitrogens with one attached hydrogen (secondary N) is 2. The van der Waals surface area contributed by atoms with Crippen LogP contribution in [-0.4, -0.2) is 38.3 Å². The van der Waals surface area contributed by atoms with Crippen LogP contribution in [0.2, 0.25) is 0 Å². The van der Waals surface area contributed by atoms with Gasteiger partial charge in [0.05, 0.1) is 6.10 Å². The van der Waals surface area contributed by atoms with Gasteiger partial charge in [-0.05, 0) is 38.6 Å². The van der Waals surface area contributed by atoms with Crippen LogP contribution in [0.15, 0.2) is 11.6 Å². The van der Waals surface area contributed by atoms with Gasteiger partial charge in [0.15, 0.2) is 0 Å². The standard InChI is InChI=1S/C14H24N2O2.ClH/c17-14(5-4-13-3-1-2-10-18-13)16-11-12-6-8-15-9-7-12;/h6,13,15H,1-5,7-11H2,(H,16,17);1H. The molecular weight excluding hydrogens is 264 g/mol. The molecule has 0 saturated carbocycles. The van der Waals surface area contributed by atoms with Gasteiger partial charge in [0.1, 0.15) is 0 Å². The molecule has 19 heavy (non-hydrogen) atoms. The maximum absolute atomic E-state index is 11.7. The summed E-state index contributed by atoms with van der Waals surface area (Å²) < 4.78 is 5.62. The quantitative estimate of drug-likeness (QED) is 0.759. The summed E-state index contributed by atoms with van der Waals surface area (Å²) in [6.07, 6.45) is 8.52. The van der Waals surface area contributed by atoms with Crippen LogP contribution in [0.5, 0.6) is 0 Å². The predicted octanol–water partition coefficient (Wildman–Crippen LogP) is 1.79. The van der Waals surface area contributed by atoms with E-state index in [2.05, 4.69) is 16.7 Å². The largest absolute Gasteiger partial charge is 0.378 e. The molecule has 110 valence electrons. The van der Waals surface area contributed by atoms with Crippen molar-refractivity contribution >= 4 is 18.3 Å². The molecule has 1 atom stereocenters. The van der Waals surface area contributed by atoms with E-state index >= 15 is 0 Å². The van der Waals surface area contributed by atoms with Gasteiger partial charge in [-0.2, -0.15) is 0 Å². The van der Waals surface area contributed by atoms with Gasteiger partial charge < -0.3 is 15.4 Å². The monoisotopic (exact) mass is 288 g/mol. The van der Waals surface area contributed by atoms with Gasteiger partial charge in [0.2, 0.25) is 5.91 Å². The van der Waals surface area contributed by atoms with Crippen molar-refractivity contribution in [1.29, 1.82) is 0 Å². The van der Waals surface area contributed by atoms with E-state index in [-0.39, 0.29) is 18.3 Å². The maximum Gasteiger partial charge on any atom is 0.220 e. The molecule has 0 spiro atoms. The van der Waals surface area contributed by atoms with E-state index < -0.39 is 0 Å². The molecule has 0 bridgehead atoms. The van der Waals surface area contributed by atoms with E-state index in [4.69, 9.17) is 4.74 Å². The van der Waals surface area contributed by atoms with Crippen LogP contribution in [0.3, 0.4) is 0 Å². The van der Waals surface area contributed by atoms with Crippen molar-refractivity contribution in [3.63, 3.8) is 0 Å². The number of ether oxygens (including phenoxy) is 1. The Kier molecular flexibility index (Phi) is 8.10. The predicted molar refractivity (Wildman–Crippen MR) is 78.7 cm³/mol. The number of amides is 1. The van der Waals surface area contributed by atoms with Crippen LogP contribution in [0, 0.1) is 0 Å². The molecule has 2 rings (SSSR count). The number of carbonyl (C=O) groups excluding carboxylic acids is 1. The van der Waals surface area contributed by atoms with Crippen molar-refractivity contribution in [3.8, 4) is 0 Å². The zero-order chi connectivity index (χ0) is 12.6. The number of hydrogen-bond donors (Lipinski definition) is 2. The molecule has 5 heteroatoms. The molecule has 2 heterocycles. The van der Waals surface area contributed by atoms with Crippen molar-refractivity contribution in [2.24, 2.45) is 0 Å². The second-order valence-corrected chi connectivity index (χ2v) is 5.12. The Bertz CT molecular complexity index is 302. The zero-order valence-corrected chi connectivity index (χ0v) is 12.3. The summed E-state index contributed by atoms with van der Waals surface area (Å²) in [4.78, 5) is 11.7. The number of hydrogen-bond acceptors (Lipinski definition) is 3. The molecule has 1 fully saturated rings. The highest BCUT2D eigenvalue weighted by atomic mass is 35.5. The Labute approximate surface area is 121 Å². The van der Waals surface area contributed by atoms with Gasteiger partial charge in [-0.3, -0.25) is 4.79 Å². The Morgan fingerprint density at radius 2 is 2.37 bits per heavy atom. The Morgan fingerprint density at radius 1 is 1.47 bits per heavy atom. The zero-order valence-electron chi connectivity index (χ0n) is 11.5. The van der Waals surface area contributed by atoms with E-state index in [1.165, 1.54) is 18.4 Å². The normalized spacial score (nSPS) is 23.2. The van der Waals surface area contributed by atoms with Crippen molar-refractivity contribution in [2.45, 2.75) is 44.6 Å². The molecule has 2 N–H and O–H groups in total. The van der Waals surface area contributed by atoms with Crippen molar-refractivity contribution in [3.05, 3.63) is 11.6 Å². The fourth-order valence-electron chi connectivity index (χ4n) is 2.46. The molecule has 1 unspecified atom stereocenters. The summed E-state index contributed by atoms with van der Waals surface area (Å²) in [6.45, 7) is 3.54. The van der Waals surface area contributed by atoms with Crippen LogP contribution in [0.1, 0.15) is 38.5 Å². The first-order valence-corrected chi connectivity index (χ1v) is 7.11. The second kappa shape index (κ2) is 9.34. The van der Waals surface area contributed by atoms with E-state index in [0.717, 1.165) is 39.0 Å². The van der Waals surface area contributed by atoms with Crippen LogP contribution in [0.25, 0.3) is 0 Å². The first-order chi connectivity index (χ1) is 8.84. The molecule has 2 aliphatic heterocycles. The van der Waals surface area contributed by atoms with Gasteiger partial charge >= 0.3 is 0 Å². The molecule has 0 aromatic heterocycles. The van der Waals surface area contributed by atoms with Crippen LogP contribution in [-0.2, 0) is 9.53 Å². The lowest BCUT2D eigenvalue weighted by Crippen LogP contribution is -2.30. The van der Waals surface area contributed by atoms with E-state index in [0.29, 0.717) is 19.1 Å². The van der Waals surface area contributed by atoms with Gasteiger partial charge in [-0.1, -0.05) is 11.6 Å². The maximum atomic E-state index is 11.7. The van der Waals surface area contributed by atoms with Gasteiger partial charge in [0.25, 0.3) is 0 Å². The minimum atomic E-state index is 0. The minimum Gasteiger partial charge on any atom is -0.378 e. The summed E-state index contributed by atoms with van der Waals surface area (Å²) in [5, 5.41) is 6.27. The van der Waals surface area contributed by atoms with Gasteiger partial charge in [0, 0.05) is 26.1 Å². The Hall–Kier alpha value is -0.580. The highest BCUT2D eigenvalue weighted by Gasteiger charge is 2.15. The topological polar surface area (TPSA) is 50.4 Å². The smallest absolute Gasteiger partial charge is 0.220 e.